The minimum atomic E-state index is 0.329. The molecule has 1 atom stereocenters. The van der Waals surface area contributed by atoms with Gasteiger partial charge in [-0.25, -0.2) is 0 Å². The van der Waals surface area contributed by atoms with Gasteiger partial charge in [0.1, 0.15) is 0 Å². The van der Waals surface area contributed by atoms with Crippen molar-refractivity contribution < 1.29 is 9.47 Å². The molecular formula is C16H12O2S. The molecule has 4 rings (SSSR count). The van der Waals surface area contributed by atoms with Crippen LogP contribution >= 0.6 is 11.8 Å². The highest BCUT2D eigenvalue weighted by Crippen LogP contribution is 2.44. The van der Waals surface area contributed by atoms with Gasteiger partial charge in [-0.2, -0.15) is 0 Å². The number of hydrogen-bond acceptors (Lipinski definition) is 3. The summed E-state index contributed by atoms with van der Waals surface area (Å²) in [6.45, 7) is 0.329. The Morgan fingerprint density at radius 1 is 1.00 bits per heavy atom. The molecule has 2 aromatic carbocycles. The molecule has 0 bridgehead atoms. The molecule has 2 nitrogen and oxygen atoms in total. The third-order valence-corrected chi connectivity index (χ3v) is 4.66. The van der Waals surface area contributed by atoms with E-state index in [9.17, 15) is 0 Å². The van der Waals surface area contributed by atoms with E-state index in [1.807, 2.05) is 17.8 Å². The van der Waals surface area contributed by atoms with Crippen molar-refractivity contribution >= 4 is 17.8 Å². The van der Waals surface area contributed by atoms with Crippen LogP contribution in [0.4, 0.5) is 0 Å². The maximum atomic E-state index is 5.44. The topological polar surface area (TPSA) is 18.5 Å². The van der Waals surface area contributed by atoms with E-state index >= 15 is 0 Å². The molecule has 0 fully saturated rings. The molecule has 0 aliphatic carbocycles. The van der Waals surface area contributed by atoms with Crippen LogP contribution in [0.2, 0.25) is 0 Å². The van der Waals surface area contributed by atoms with Crippen molar-refractivity contribution in [2.75, 3.05) is 6.79 Å². The minimum absolute atomic E-state index is 0.329. The summed E-state index contributed by atoms with van der Waals surface area (Å²) in [6, 6.07) is 14.7. The first kappa shape index (κ1) is 11.0. The summed E-state index contributed by atoms with van der Waals surface area (Å²) in [5, 5.41) is 0.337. The summed E-state index contributed by atoms with van der Waals surface area (Å²) in [4.78, 5) is 1.33. The number of hydrogen-bond donors (Lipinski definition) is 0. The molecule has 0 radical (unpaired) electrons. The van der Waals surface area contributed by atoms with Gasteiger partial charge in [0.2, 0.25) is 6.79 Å². The highest BCUT2D eigenvalue weighted by Gasteiger charge is 2.19. The van der Waals surface area contributed by atoms with Crippen LogP contribution in [-0.2, 0) is 0 Å². The zero-order chi connectivity index (χ0) is 12.7. The first-order chi connectivity index (χ1) is 9.40. The lowest BCUT2D eigenvalue weighted by atomic mass is 10.1. The second-order valence-corrected chi connectivity index (χ2v) is 5.73. The number of ether oxygens (including phenoxy) is 2. The quantitative estimate of drug-likeness (QED) is 0.769. The van der Waals surface area contributed by atoms with Crippen LogP contribution in [0.25, 0.3) is 6.08 Å². The Morgan fingerprint density at radius 2 is 1.89 bits per heavy atom. The van der Waals surface area contributed by atoms with Crippen molar-refractivity contribution in [1.82, 2.24) is 0 Å². The molecule has 0 unspecified atom stereocenters. The maximum Gasteiger partial charge on any atom is 0.231 e. The predicted octanol–water partition coefficient (Wildman–Crippen LogP) is 4.28. The molecule has 19 heavy (non-hydrogen) atoms. The Labute approximate surface area is 116 Å². The SMILES string of the molecule is C1=C[C@H](c2ccc3c(c2)OCO3)Sc2ccccc21. The van der Waals surface area contributed by atoms with E-state index in [4.69, 9.17) is 9.47 Å². The summed E-state index contributed by atoms with van der Waals surface area (Å²) in [5.74, 6) is 1.69. The summed E-state index contributed by atoms with van der Waals surface area (Å²) < 4.78 is 10.8. The lowest BCUT2D eigenvalue weighted by molar-refractivity contribution is 0.174. The van der Waals surface area contributed by atoms with Crippen LogP contribution in [0.15, 0.2) is 53.4 Å². The Hall–Kier alpha value is -1.87. The molecule has 0 saturated heterocycles. The fourth-order valence-electron chi connectivity index (χ4n) is 2.36. The standard InChI is InChI=1S/C16H12O2S/c1-2-4-15-11(3-1)6-8-16(19-15)12-5-7-13-14(9-12)18-10-17-13/h1-9,16H,10H2/t16-/m1/s1. The van der Waals surface area contributed by atoms with Crippen molar-refractivity contribution in [3.63, 3.8) is 0 Å². The molecule has 0 N–H and O–H groups in total. The molecule has 0 aromatic heterocycles. The van der Waals surface area contributed by atoms with Gasteiger partial charge in [-0.05, 0) is 29.3 Å². The Bertz CT molecular complexity index is 664. The molecular weight excluding hydrogens is 256 g/mol. The number of fused-ring (bicyclic) bond motifs is 2. The Balaban J connectivity index is 1.68. The maximum absolute atomic E-state index is 5.44. The fourth-order valence-corrected chi connectivity index (χ4v) is 3.50. The van der Waals surface area contributed by atoms with Crippen molar-refractivity contribution in [1.29, 1.82) is 0 Å². The van der Waals surface area contributed by atoms with Gasteiger partial charge in [-0.3, -0.25) is 0 Å². The largest absolute Gasteiger partial charge is 0.454 e. The number of benzene rings is 2. The molecule has 2 aromatic rings. The number of thioether (sulfide) groups is 1. The summed E-state index contributed by atoms with van der Waals surface area (Å²) in [7, 11) is 0. The Kier molecular flexibility index (Phi) is 2.52. The van der Waals surface area contributed by atoms with Crippen molar-refractivity contribution in [3.05, 3.63) is 59.7 Å². The van der Waals surface area contributed by atoms with Gasteiger partial charge in [0, 0.05) is 4.90 Å². The normalized spacial score (nSPS) is 19.3. The molecule has 2 aliphatic rings. The first-order valence-electron chi connectivity index (χ1n) is 6.23. The zero-order valence-electron chi connectivity index (χ0n) is 10.2. The van der Waals surface area contributed by atoms with E-state index in [1.54, 1.807) is 0 Å². The zero-order valence-corrected chi connectivity index (χ0v) is 11.0. The van der Waals surface area contributed by atoms with E-state index in [0.29, 0.717) is 12.0 Å². The molecule has 0 spiro atoms. The Morgan fingerprint density at radius 3 is 2.89 bits per heavy atom. The van der Waals surface area contributed by atoms with E-state index < -0.39 is 0 Å². The molecule has 0 saturated carbocycles. The van der Waals surface area contributed by atoms with Gasteiger partial charge in [0.25, 0.3) is 0 Å². The van der Waals surface area contributed by atoms with Crippen LogP contribution < -0.4 is 9.47 Å². The average Bonchev–Trinajstić information content (AvgIpc) is 2.94. The van der Waals surface area contributed by atoms with Crippen LogP contribution in [0.5, 0.6) is 11.5 Å². The van der Waals surface area contributed by atoms with Crippen LogP contribution in [0, 0.1) is 0 Å². The molecule has 2 heterocycles. The lowest BCUT2D eigenvalue weighted by Gasteiger charge is -2.19. The van der Waals surface area contributed by atoms with Gasteiger partial charge in [-0.15, -0.1) is 11.8 Å². The average molecular weight is 268 g/mol. The van der Waals surface area contributed by atoms with Gasteiger partial charge in [-0.1, -0.05) is 36.4 Å². The second kappa shape index (κ2) is 4.35. The van der Waals surface area contributed by atoms with Crippen molar-refractivity contribution in [2.45, 2.75) is 10.1 Å². The number of rotatable bonds is 1. The predicted molar refractivity (Wildman–Crippen MR) is 76.6 cm³/mol. The highest BCUT2D eigenvalue weighted by atomic mass is 32.2. The molecule has 2 aliphatic heterocycles. The summed E-state index contributed by atoms with van der Waals surface area (Å²) in [5.41, 5.74) is 2.55. The highest BCUT2D eigenvalue weighted by molar-refractivity contribution is 7.99. The minimum Gasteiger partial charge on any atom is -0.454 e. The van der Waals surface area contributed by atoms with E-state index in [2.05, 4.69) is 48.6 Å². The van der Waals surface area contributed by atoms with Crippen LogP contribution in [0.3, 0.4) is 0 Å². The van der Waals surface area contributed by atoms with E-state index in [0.717, 1.165) is 11.5 Å². The van der Waals surface area contributed by atoms with Crippen molar-refractivity contribution in [2.24, 2.45) is 0 Å². The van der Waals surface area contributed by atoms with Gasteiger partial charge < -0.3 is 9.47 Å². The lowest BCUT2D eigenvalue weighted by Crippen LogP contribution is -1.96. The molecule has 3 heteroatoms. The molecule has 94 valence electrons. The second-order valence-electron chi connectivity index (χ2n) is 4.55. The third kappa shape index (κ3) is 1.90. The van der Waals surface area contributed by atoms with Gasteiger partial charge >= 0.3 is 0 Å². The van der Waals surface area contributed by atoms with Crippen molar-refractivity contribution in [3.8, 4) is 11.5 Å². The fraction of sp³-hybridized carbons (Fsp3) is 0.125. The van der Waals surface area contributed by atoms with Crippen LogP contribution in [0.1, 0.15) is 16.4 Å². The van der Waals surface area contributed by atoms with Gasteiger partial charge in [0.05, 0.1) is 5.25 Å². The first-order valence-corrected chi connectivity index (χ1v) is 7.11. The van der Waals surface area contributed by atoms with Gasteiger partial charge in [0.15, 0.2) is 11.5 Å². The van der Waals surface area contributed by atoms with E-state index in [-0.39, 0.29) is 0 Å². The van der Waals surface area contributed by atoms with E-state index in [1.165, 1.54) is 16.0 Å². The molecule has 0 amide bonds. The summed E-state index contributed by atoms with van der Waals surface area (Å²) in [6.07, 6.45) is 4.44. The smallest absolute Gasteiger partial charge is 0.231 e. The summed E-state index contributed by atoms with van der Waals surface area (Å²) >= 11 is 1.87. The van der Waals surface area contributed by atoms with Crippen LogP contribution in [-0.4, -0.2) is 6.79 Å². The monoisotopic (exact) mass is 268 g/mol. The third-order valence-electron chi connectivity index (χ3n) is 3.35.